The van der Waals surface area contributed by atoms with E-state index >= 15 is 0 Å². The molecule has 1 aliphatic rings. The monoisotopic (exact) mass is 455 g/mol. The zero-order valence-electron chi connectivity index (χ0n) is 19.3. The molecule has 1 saturated carbocycles. The van der Waals surface area contributed by atoms with E-state index in [1.807, 2.05) is 36.4 Å². The summed E-state index contributed by atoms with van der Waals surface area (Å²) in [6.45, 7) is 2.09. The highest BCUT2D eigenvalue weighted by Gasteiger charge is 2.26. The molecule has 0 atom stereocenters. The third kappa shape index (κ3) is 4.59. The highest BCUT2D eigenvalue weighted by molar-refractivity contribution is 6.00. The Kier molecular flexibility index (Phi) is 6.16. The lowest BCUT2D eigenvalue weighted by molar-refractivity contribution is -0.119. The number of carbonyl (C=O) groups is 1. The summed E-state index contributed by atoms with van der Waals surface area (Å²) in [5.41, 5.74) is 10.3. The van der Waals surface area contributed by atoms with Gasteiger partial charge in [0.2, 0.25) is 5.91 Å². The normalized spacial score (nSPS) is 18.0. The third-order valence-corrected chi connectivity index (χ3v) is 6.53. The molecule has 174 valence electrons. The lowest BCUT2D eigenvalue weighted by atomic mass is 9.91. The standard InChI is InChI=1S/C27H29N5O2/c1-18(33)31-21-10-12-22(13-11-21)32-15-24(25-26(28)29-17-30-27(25)32)20-8-5-9-23(14-20)34-16-19-6-3-2-4-7-19/h2-9,14-15,17,21-22H,10-13,16H2,1H3,(H,31,33)(H2,28,29,30). The van der Waals surface area contributed by atoms with E-state index < -0.39 is 0 Å². The molecule has 7 nitrogen and oxygen atoms in total. The van der Waals surface area contributed by atoms with Crippen LogP contribution in [0.5, 0.6) is 5.75 Å². The van der Waals surface area contributed by atoms with Crippen LogP contribution in [0.25, 0.3) is 22.2 Å². The molecular formula is C27H29N5O2. The number of ether oxygens (including phenoxy) is 1. The molecule has 0 bridgehead atoms. The first-order valence-electron chi connectivity index (χ1n) is 11.7. The minimum atomic E-state index is 0.0343. The smallest absolute Gasteiger partial charge is 0.217 e. The Bertz CT molecular complexity index is 1290. The summed E-state index contributed by atoms with van der Waals surface area (Å²) in [6, 6.07) is 18.7. The third-order valence-electron chi connectivity index (χ3n) is 6.53. The maximum Gasteiger partial charge on any atom is 0.217 e. The minimum Gasteiger partial charge on any atom is -0.489 e. The van der Waals surface area contributed by atoms with Crippen LogP contribution in [0, 0.1) is 0 Å². The van der Waals surface area contributed by atoms with Crippen molar-refractivity contribution < 1.29 is 9.53 Å². The van der Waals surface area contributed by atoms with E-state index in [0.717, 1.165) is 59.2 Å². The molecule has 0 aliphatic heterocycles. The molecule has 4 aromatic rings. The molecule has 2 heterocycles. The molecule has 3 N–H and O–H groups in total. The van der Waals surface area contributed by atoms with Crippen molar-refractivity contribution in [3.8, 4) is 16.9 Å². The number of rotatable bonds is 6. The minimum absolute atomic E-state index is 0.0343. The Morgan fingerprint density at radius 1 is 1.09 bits per heavy atom. The van der Waals surface area contributed by atoms with Crippen LogP contribution >= 0.6 is 0 Å². The Labute approximate surface area is 199 Å². The van der Waals surface area contributed by atoms with Crippen molar-refractivity contribution in [1.29, 1.82) is 0 Å². The molecular weight excluding hydrogens is 426 g/mol. The van der Waals surface area contributed by atoms with Crippen molar-refractivity contribution in [1.82, 2.24) is 19.9 Å². The number of aromatic nitrogens is 3. The summed E-state index contributed by atoms with van der Waals surface area (Å²) < 4.78 is 8.30. The van der Waals surface area contributed by atoms with Gasteiger partial charge in [0.25, 0.3) is 0 Å². The number of hydrogen-bond donors (Lipinski definition) is 2. The number of nitrogens with two attached hydrogens (primary N) is 1. The largest absolute Gasteiger partial charge is 0.489 e. The zero-order valence-corrected chi connectivity index (χ0v) is 19.3. The van der Waals surface area contributed by atoms with Crippen LogP contribution in [0.15, 0.2) is 67.1 Å². The molecule has 1 fully saturated rings. The Balaban J connectivity index is 1.44. The first kappa shape index (κ1) is 21.9. The summed E-state index contributed by atoms with van der Waals surface area (Å²) in [5, 5.41) is 3.92. The first-order valence-corrected chi connectivity index (χ1v) is 11.7. The number of amides is 1. The fourth-order valence-electron chi connectivity index (χ4n) is 4.89. The maximum absolute atomic E-state index is 11.4. The van der Waals surface area contributed by atoms with E-state index in [9.17, 15) is 4.79 Å². The number of benzene rings is 2. The van der Waals surface area contributed by atoms with Crippen LogP contribution in [-0.2, 0) is 11.4 Å². The summed E-state index contributed by atoms with van der Waals surface area (Å²) >= 11 is 0. The van der Waals surface area contributed by atoms with Crippen LogP contribution in [0.2, 0.25) is 0 Å². The van der Waals surface area contributed by atoms with E-state index in [2.05, 4.69) is 44.2 Å². The van der Waals surface area contributed by atoms with Crippen molar-refractivity contribution in [2.75, 3.05) is 5.73 Å². The highest BCUT2D eigenvalue weighted by atomic mass is 16.5. The molecule has 0 radical (unpaired) electrons. The number of nitrogens with one attached hydrogen (secondary N) is 1. The van der Waals surface area contributed by atoms with Gasteiger partial charge in [-0.1, -0.05) is 42.5 Å². The SMILES string of the molecule is CC(=O)NC1CCC(n2cc(-c3cccc(OCc4ccccc4)c3)c3c(N)ncnc32)CC1. The van der Waals surface area contributed by atoms with Gasteiger partial charge in [-0.3, -0.25) is 4.79 Å². The van der Waals surface area contributed by atoms with E-state index in [4.69, 9.17) is 10.5 Å². The van der Waals surface area contributed by atoms with Crippen molar-refractivity contribution in [2.24, 2.45) is 0 Å². The number of fused-ring (bicyclic) bond motifs is 1. The lowest BCUT2D eigenvalue weighted by Gasteiger charge is -2.30. The predicted molar refractivity (Wildman–Crippen MR) is 133 cm³/mol. The van der Waals surface area contributed by atoms with Gasteiger partial charge in [0.15, 0.2) is 0 Å². The van der Waals surface area contributed by atoms with Crippen molar-refractivity contribution in [3.05, 3.63) is 72.7 Å². The van der Waals surface area contributed by atoms with Gasteiger partial charge in [-0.2, -0.15) is 0 Å². The fraction of sp³-hybridized carbons (Fsp3) is 0.296. The molecule has 1 amide bonds. The second-order valence-electron chi connectivity index (χ2n) is 8.92. The average molecular weight is 456 g/mol. The molecule has 0 spiro atoms. The van der Waals surface area contributed by atoms with Gasteiger partial charge >= 0.3 is 0 Å². The number of nitrogens with zero attached hydrogens (tertiary/aromatic N) is 3. The summed E-state index contributed by atoms with van der Waals surface area (Å²) in [7, 11) is 0. The molecule has 1 aliphatic carbocycles. The Morgan fingerprint density at radius 2 is 1.88 bits per heavy atom. The van der Waals surface area contributed by atoms with Crippen LogP contribution in [0.1, 0.15) is 44.2 Å². The summed E-state index contributed by atoms with van der Waals surface area (Å²) in [5.74, 6) is 1.31. The number of carbonyl (C=O) groups excluding carboxylic acids is 1. The van der Waals surface area contributed by atoms with Crippen molar-refractivity contribution in [2.45, 2.75) is 51.3 Å². The van der Waals surface area contributed by atoms with Crippen LogP contribution in [0.3, 0.4) is 0 Å². The molecule has 2 aromatic carbocycles. The molecule has 0 saturated heterocycles. The van der Waals surface area contributed by atoms with Gasteiger partial charge in [-0.25, -0.2) is 9.97 Å². The van der Waals surface area contributed by atoms with Gasteiger partial charge in [-0.05, 0) is 48.9 Å². The molecule has 5 rings (SSSR count). The number of nitrogen functional groups attached to an aromatic ring is 1. The summed E-state index contributed by atoms with van der Waals surface area (Å²) in [6.07, 6.45) is 7.51. The van der Waals surface area contributed by atoms with Gasteiger partial charge < -0.3 is 20.4 Å². The summed E-state index contributed by atoms with van der Waals surface area (Å²) in [4.78, 5) is 20.3. The highest BCUT2D eigenvalue weighted by Crippen LogP contribution is 2.38. The maximum atomic E-state index is 11.4. The lowest BCUT2D eigenvalue weighted by Crippen LogP contribution is -2.36. The van der Waals surface area contributed by atoms with Crippen LogP contribution in [0.4, 0.5) is 5.82 Å². The second-order valence-corrected chi connectivity index (χ2v) is 8.92. The average Bonchev–Trinajstić information content (AvgIpc) is 3.25. The molecule has 34 heavy (non-hydrogen) atoms. The topological polar surface area (TPSA) is 95.1 Å². The molecule has 7 heteroatoms. The van der Waals surface area contributed by atoms with Gasteiger partial charge in [0.1, 0.15) is 30.1 Å². The Hall–Kier alpha value is -3.87. The first-order chi connectivity index (χ1) is 16.6. The quantitative estimate of drug-likeness (QED) is 0.432. The van der Waals surface area contributed by atoms with Gasteiger partial charge in [0, 0.05) is 30.8 Å². The second kappa shape index (κ2) is 9.55. The zero-order chi connectivity index (χ0) is 23.5. The molecule has 2 aromatic heterocycles. The number of anilines is 1. The van der Waals surface area contributed by atoms with Crippen LogP contribution < -0.4 is 15.8 Å². The van der Waals surface area contributed by atoms with E-state index in [0.29, 0.717) is 18.5 Å². The van der Waals surface area contributed by atoms with Crippen LogP contribution in [-0.4, -0.2) is 26.5 Å². The number of hydrogen-bond acceptors (Lipinski definition) is 5. The Morgan fingerprint density at radius 3 is 2.65 bits per heavy atom. The van der Waals surface area contributed by atoms with Crippen molar-refractivity contribution >= 4 is 22.8 Å². The van der Waals surface area contributed by atoms with Gasteiger partial charge in [-0.15, -0.1) is 0 Å². The van der Waals surface area contributed by atoms with E-state index in [-0.39, 0.29) is 11.9 Å². The van der Waals surface area contributed by atoms with E-state index in [1.165, 1.54) is 6.33 Å². The van der Waals surface area contributed by atoms with E-state index in [1.54, 1.807) is 6.92 Å². The molecule has 0 unspecified atom stereocenters. The fourth-order valence-corrected chi connectivity index (χ4v) is 4.89. The van der Waals surface area contributed by atoms with Gasteiger partial charge in [0.05, 0.1) is 5.39 Å². The van der Waals surface area contributed by atoms with Crippen molar-refractivity contribution in [3.63, 3.8) is 0 Å². The predicted octanol–water partition coefficient (Wildman–Crippen LogP) is 4.88.